The highest BCUT2D eigenvalue weighted by Gasteiger charge is 2.30. The van der Waals surface area contributed by atoms with Crippen LogP contribution in [0.2, 0.25) is 0 Å². The number of rotatable bonds is 9. The Morgan fingerprint density at radius 2 is 1.61 bits per heavy atom. The van der Waals surface area contributed by atoms with Gasteiger partial charge in [-0.2, -0.15) is 0 Å². The molecule has 0 fully saturated rings. The van der Waals surface area contributed by atoms with Crippen molar-refractivity contribution in [1.29, 1.82) is 0 Å². The molecule has 0 spiro atoms. The SMILES string of the molecule is COC(=O)[C@H](Cc1ccc(O)cc1)NC(=O)[C@@H](NC(=O)OCc1ccccc1)[C@@H](C)O. The highest BCUT2D eigenvalue weighted by molar-refractivity contribution is 5.90. The number of esters is 1. The zero-order chi connectivity index (χ0) is 22.8. The molecule has 3 atom stereocenters. The molecule has 2 amide bonds. The van der Waals surface area contributed by atoms with Crippen LogP contribution in [0.15, 0.2) is 54.6 Å². The quantitative estimate of drug-likeness (QED) is 0.440. The number of aliphatic hydroxyl groups excluding tert-OH is 1. The fourth-order valence-corrected chi connectivity index (χ4v) is 2.76. The van der Waals surface area contributed by atoms with Gasteiger partial charge >= 0.3 is 12.1 Å². The van der Waals surface area contributed by atoms with Gasteiger partial charge in [-0.3, -0.25) is 4.79 Å². The summed E-state index contributed by atoms with van der Waals surface area (Å²) in [5.74, 6) is -1.41. The van der Waals surface area contributed by atoms with Crippen LogP contribution in [-0.2, 0) is 32.1 Å². The van der Waals surface area contributed by atoms with Crippen LogP contribution >= 0.6 is 0 Å². The minimum Gasteiger partial charge on any atom is -0.508 e. The van der Waals surface area contributed by atoms with Gasteiger partial charge < -0.3 is 30.3 Å². The number of phenolic OH excluding ortho intramolecular Hbond substituents is 1. The lowest BCUT2D eigenvalue weighted by Gasteiger charge is -2.23. The second-order valence-electron chi connectivity index (χ2n) is 6.88. The molecule has 0 aliphatic rings. The largest absolute Gasteiger partial charge is 0.508 e. The Balaban J connectivity index is 2.00. The number of alkyl carbamates (subject to hydrolysis) is 1. The lowest BCUT2D eigenvalue weighted by atomic mass is 10.0. The zero-order valence-corrected chi connectivity index (χ0v) is 17.3. The first kappa shape index (κ1) is 23.7. The number of ether oxygens (including phenoxy) is 2. The summed E-state index contributed by atoms with van der Waals surface area (Å²) in [6, 6.07) is 12.7. The summed E-state index contributed by atoms with van der Waals surface area (Å²) in [4.78, 5) is 36.9. The van der Waals surface area contributed by atoms with Crippen LogP contribution in [0.5, 0.6) is 5.75 Å². The Morgan fingerprint density at radius 1 is 0.968 bits per heavy atom. The molecule has 0 aromatic heterocycles. The first-order chi connectivity index (χ1) is 14.8. The average molecular weight is 430 g/mol. The minimum atomic E-state index is -1.35. The van der Waals surface area contributed by atoms with Crippen LogP contribution in [0, 0.1) is 0 Å². The van der Waals surface area contributed by atoms with Crippen LogP contribution in [0.1, 0.15) is 18.1 Å². The summed E-state index contributed by atoms with van der Waals surface area (Å²) in [7, 11) is 1.18. The van der Waals surface area contributed by atoms with E-state index in [1.165, 1.54) is 26.2 Å². The first-order valence-corrected chi connectivity index (χ1v) is 9.61. The molecule has 2 aromatic rings. The van der Waals surface area contributed by atoms with Crippen molar-refractivity contribution in [2.24, 2.45) is 0 Å². The number of benzene rings is 2. The predicted molar refractivity (Wildman–Crippen MR) is 111 cm³/mol. The smallest absolute Gasteiger partial charge is 0.408 e. The second kappa shape index (κ2) is 11.6. The summed E-state index contributed by atoms with van der Waals surface area (Å²) in [6.45, 7) is 1.32. The molecule has 2 aromatic carbocycles. The second-order valence-corrected chi connectivity index (χ2v) is 6.88. The van der Waals surface area contributed by atoms with Crippen LogP contribution in [0.4, 0.5) is 4.79 Å². The molecule has 0 saturated carbocycles. The summed E-state index contributed by atoms with van der Waals surface area (Å²) in [5.41, 5.74) is 1.42. The molecule has 4 N–H and O–H groups in total. The fraction of sp³-hybridized carbons (Fsp3) is 0.318. The van der Waals surface area contributed by atoms with E-state index in [4.69, 9.17) is 9.47 Å². The normalized spacial score (nSPS) is 13.4. The van der Waals surface area contributed by atoms with Crippen molar-refractivity contribution in [3.05, 3.63) is 65.7 Å². The summed E-state index contributed by atoms with van der Waals surface area (Å²) in [5, 5.41) is 24.2. The number of phenols is 1. The Kier molecular flexibility index (Phi) is 8.83. The third kappa shape index (κ3) is 7.63. The molecule has 0 bridgehead atoms. The van der Waals surface area contributed by atoms with Crippen molar-refractivity contribution in [2.75, 3.05) is 7.11 Å². The number of carbonyl (C=O) groups is 3. The van der Waals surface area contributed by atoms with Gasteiger partial charge in [0.25, 0.3) is 0 Å². The summed E-state index contributed by atoms with van der Waals surface area (Å²) in [6.07, 6.45) is -2.06. The van der Waals surface area contributed by atoms with E-state index >= 15 is 0 Å². The Labute approximate surface area is 180 Å². The number of hydrogen-bond acceptors (Lipinski definition) is 7. The van der Waals surface area contributed by atoms with Gasteiger partial charge in [0, 0.05) is 6.42 Å². The molecule has 0 radical (unpaired) electrons. The van der Waals surface area contributed by atoms with Crippen LogP contribution < -0.4 is 10.6 Å². The van der Waals surface area contributed by atoms with Crippen LogP contribution in [0.3, 0.4) is 0 Å². The lowest BCUT2D eigenvalue weighted by Crippen LogP contribution is -2.56. The number of hydrogen-bond donors (Lipinski definition) is 4. The van der Waals surface area contributed by atoms with E-state index in [-0.39, 0.29) is 18.8 Å². The first-order valence-electron chi connectivity index (χ1n) is 9.61. The van der Waals surface area contributed by atoms with Crippen molar-refractivity contribution in [1.82, 2.24) is 10.6 Å². The van der Waals surface area contributed by atoms with Crippen LogP contribution in [-0.4, -0.2) is 53.5 Å². The highest BCUT2D eigenvalue weighted by Crippen LogP contribution is 2.12. The molecule has 166 valence electrons. The van der Waals surface area contributed by atoms with Gasteiger partial charge in [-0.25, -0.2) is 9.59 Å². The summed E-state index contributed by atoms with van der Waals surface area (Å²) >= 11 is 0. The molecule has 0 heterocycles. The number of methoxy groups -OCH3 is 1. The predicted octanol–water partition coefficient (Wildman–Crippen LogP) is 1.27. The molecule has 9 nitrogen and oxygen atoms in total. The van der Waals surface area contributed by atoms with E-state index in [1.807, 2.05) is 6.07 Å². The molecule has 0 unspecified atom stereocenters. The van der Waals surface area contributed by atoms with E-state index in [1.54, 1.807) is 36.4 Å². The number of amides is 2. The van der Waals surface area contributed by atoms with Gasteiger partial charge in [0.05, 0.1) is 13.2 Å². The summed E-state index contributed by atoms with van der Waals surface area (Å²) < 4.78 is 9.82. The Morgan fingerprint density at radius 3 is 2.19 bits per heavy atom. The lowest BCUT2D eigenvalue weighted by molar-refractivity contribution is -0.145. The molecule has 0 aliphatic heterocycles. The van der Waals surface area contributed by atoms with E-state index in [0.29, 0.717) is 5.56 Å². The molecule has 0 saturated heterocycles. The van der Waals surface area contributed by atoms with E-state index in [0.717, 1.165) is 5.56 Å². The van der Waals surface area contributed by atoms with Crippen molar-refractivity contribution in [2.45, 2.75) is 38.1 Å². The third-order valence-electron chi connectivity index (χ3n) is 4.43. The topological polar surface area (TPSA) is 134 Å². The molecule has 0 aliphatic carbocycles. The van der Waals surface area contributed by atoms with E-state index in [2.05, 4.69) is 10.6 Å². The zero-order valence-electron chi connectivity index (χ0n) is 17.3. The molecule has 31 heavy (non-hydrogen) atoms. The van der Waals surface area contributed by atoms with Crippen molar-refractivity contribution >= 4 is 18.0 Å². The molecule has 2 rings (SSSR count). The Hall–Kier alpha value is -3.59. The number of carbonyl (C=O) groups excluding carboxylic acids is 3. The van der Waals surface area contributed by atoms with Gasteiger partial charge in [-0.15, -0.1) is 0 Å². The van der Waals surface area contributed by atoms with Gasteiger partial charge in [0.2, 0.25) is 5.91 Å². The third-order valence-corrected chi connectivity index (χ3v) is 4.43. The minimum absolute atomic E-state index is 0.00748. The fourth-order valence-electron chi connectivity index (χ4n) is 2.76. The van der Waals surface area contributed by atoms with Crippen molar-refractivity contribution < 1.29 is 34.1 Å². The Bertz CT molecular complexity index is 869. The maximum Gasteiger partial charge on any atom is 0.408 e. The number of aromatic hydroxyl groups is 1. The van der Waals surface area contributed by atoms with Gasteiger partial charge in [-0.05, 0) is 30.2 Å². The van der Waals surface area contributed by atoms with Gasteiger partial charge in [0.15, 0.2) is 0 Å². The van der Waals surface area contributed by atoms with E-state index in [9.17, 15) is 24.6 Å². The number of aliphatic hydroxyl groups is 1. The van der Waals surface area contributed by atoms with Crippen molar-refractivity contribution in [3.63, 3.8) is 0 Å². The maximum absolute atomic E-state index is 12.7. The maximum atomic E-state index is 12.7. The monoisotopic (exact) mass is 430 g/mol. The highest BCUT2D eigenvalue weighted by atomic mass is 16.5. The molecular formula is C22H26N2O7. The van der Waals surface area contributed by atoms with E-state index < -0.39 is 36.2 Å². The number of nitrogens with one attached hydrogen (secondary N) is 2. The van der Waals surface area contributed by atoms with Gasteiger partial charge in [-0.1, -0.05) is 42.5 Å². The van der Waals surface area contributed by atoms with Crippen molar-refractivity contribution in [3.8, 4) is 5.75 Å². The van der Waals surface area contributed by atoms with Gasteiger partial charge in [0.1, 0.15) is 24.4 Å². The molecular weight excluding hydrogens is 404 g/mol. The molecule has 9 heteroatoms. The average Bonchev–Trinajstić information content (AvgIpc) is 2.76. The van der Waals surface area contributed by atoms with Crippen LogP contribution in [0.25, 0.3) is 0 Å². The standard InChI is InChI=1S/C22H26N2O7/c1-14(25)19(24-22(29)31-13-16-6-4-3-5-7-16)20(27)23-18(21(28)30-2)12-15-8-10-17(26)11-9-15/h3-11,14,18-19,25-26H,12-13H2,1-2H3,(H,23,27)(H,24,29)/t14-,18+,19+/m1/s1.